The fourth-order valence-electron chi connectivity index (χ4n) is 2.99. The number of nitrogens with one attached hydrogen (secondary N) is 2. The number of benzene rings is 1. The Morgan fingerprint density at radius 2 is 2.10 bits per heavy atom. The van der Waals surface area contributed by atoms with Crippen LogP contribution in [0.5, 0.6) is 0 Å². The quantitative estimate of drug-likeness (QED) is 0.907. The average Bonchev–Trinajstić information content (AvgIpc) is 2.49. The van der Waals surface area contributed by atoms with Gasteiger partial charge in [0.25, 0.3) is 0 Å². The van der Waals surface area contributed by atoms with E-state index < -0.39 is 0 Å². The minimum Gasteiger partial charge on any atom is -0.326 e. The van der Waals surface area contributed by atoms with E-state index in [1.807, 2.05) is 18.2 Å². The standard InChI is InChI=1S/C17H19FN2O/c18-14-5-2-1-4-12(14)10-11-19-15-6-3-7-16-13(15)8-9-17(21)20-16/h1-2,4-5,8-9,15,19H,3,6-7,10-11H2,(H,20,21). The lowest BCUT2D eigenvalue weighted by atomic mass is 9.91. The lowest BCUT2D eigenvalue weighted by Gasteiger charge is -2.26. The molecule has 1 aromatic carbocycles. The molecule has 1 aliphatic rings. The maximum absolute atomic E-state index is 13.6. The molecule has 1 heterocycles. The van der Waals surface area contributed by atoms with Crippen LogP contribution in [0.25, 0.3) is 0 Å². The normalized spacial score (nSPS) is 17.5. The van der Waals surface area contributed by atoms with Crippen molar-refractivity contribution in [2.24, 2.45) is 0 Å². The Morgan fingerprint density at radius 1 is 1.24 bits per heavy atom. The predicted octanol–water partition coefficient (Wildman–Crippen LogP) is 2.72. The maximum atomic E-state index is 13.6. The van der Waals surface area contributed by atoms with Crippen molar-refractivity contribution >= 4 is 0 Å². The molecule has 0 saturated carbocycles. The molecule has 4 heteroatoms. The Hall–Kier alpha value is -1.94. The lowest BCUT2D eigenvalue weighted by Crippen LogP contribution is -2.29. The van der Waals surface area contributed by atoms with E-state index in [0.29, 0.717) is 6.42 Å². The summed E-state index contributed by atoms with van der Waals surface area (Å²) in [5.74, 6) is -0.146. The molecule has 0 bridgehead atoms. The SMILES string of the molecule is O=c1ccc2c([nH]1)CCCC2NCCc1ccccc1F. The largest absolute Gasteiger partial charge is 0.326 e. The number of hydrogen-bond acceptors (Lipinski definition) is 2. The number of fused-ring (bicyclic) bond motifs is 1. The molecule has 2 aromatic rings. The molecule has 0 saturated heterocycles. The lowest BCUT2D eigenvalue weighted by molar-refractivity contribution is 0.455. The molecule has 0 fully saturated rings. The molecule has 0 aliphatic heterocycles. The second-order valence-corrected chi connectivity index (χ2v) is 5.50. The zero-order valence-electron chi connectivity index (χ0n) is 11.9. The van der Waals surface area contributed by atoms with Crippen molar-refractivity contribution in [3.05, 3.63) is 69.4 Å². The number of aromatic nitrogens is 1. The van der Waals surface area contributed by atoms with Gasteiger partial charge in [0, 0.05) is 17.8 Å². The Balaban J connectivity index is 1.65. The molecule has 3 nitrogen and oxygen atoms in total. The Labute approximate surface area is 123 Å². The minimum atomic E-state index is -0.146. The van der Waals surface area contributed by atoms with E-state index in [-0.39, 0.29) is 17.4 Å². The van der Waals surface area contributed by atoms with Crippen molar-refractivity contribution in [2.45, 2.75) is 31.7 Å². The summed E-state index contributed by atoms with van der Waals surface area (Å²) in [7, 11) is 0. The fourth-order valence-corrected chi connectivity index (χ4v) is 2.99. The van der Waals surface area contributed by atoms with Gasteiger partial charge in [0.1, 0.15) is 5.82 Å². The second-order valence-electron chi connectivity index (χ2n) is 5.50. The molecule has 1 unspecified atom stereocenters. The summed E-state index contributed by atoms with van der Waals surface area (Å²) in [5, 5.41) is 3.48. The van der Waals surface area contributed by atoms with Crippen LogP contribution in [0.1, 0.15) is 35.7 Å². The van der Waals surface area contributed by atoms with Gasteiger partial charge in [0.05, 0.1) is 0 Å². The highest BCUT2D eigenvalue weighted by molar-refractivity contribution is 5.26. The van der Waals surface area contributed by atoms with Gasteiger partial charge in [-0.2, -0.15) is 0 Å². The number of aromatic amines is 1. The van der Waals surface area contributed by atoms with Gasteiger partial charge >= 0.3 is 0 Å². The highest BCUT2D eigenvalue weighted by atomic mass is 19.1. The Bertz CT molecular complexity index is 680. The predicted molar refractivity (Wildman–Crippen MR) is 80.8 cm³/mol. The maximum Gasteiger partial charge on any atom is 0.248 e. The van der Waals surface area contributed by atoms with Crippen molar-refractivity contribution in [3.63, 3.8) is 0 Å². The molecule has 0 spiro atoms. The number of halogens is 1. The first-order valence-electron chi connectivity index (χ1n) is 7.43. The van der Waals surface area contributed by atoms with Crippen LogP contribution < -0.4 is 10.9 Å². The topological polar surface area (TPSA) is 44.9 Å². The zero-order chi connectivity index (χ0) is 14.7. The first kappa shape index (κ1) is 14.0. The van der Waals surface area contributed by atoms with Gasteiger partial charge < -0.3 is 10.3 Å². The highest BCUT2D eigenvalue weighted by Gasteiger charge is 2.20. The van der Waals surface area contributed by atoms with Crippen molar-refractivity contribution in [3.8, 4) is 0 Å². The highest BCUT2D eigenvalue weighted by Crippen LogP contribution is 2.27. The number of rotatable bonds is 4. The van der Waals surface area contributed by atoms with Gasteiger partial charge in [-0.15, -0.1) is 0 Å². The molecule has 1 aromatic heterocycles. The van der Waals surface area contributed by atoms with Gasteiger partial charge in [-0.05, 0) is 49.4 Å². The summed E-state index contributed by atoms with van der Waals surface area (Å²) < 4.78 is 13.6. The zero-order valence-corrected chi connectivity index (χ0v) is 11.9. The van der Waals surface area contributed by atoms with Crippen LogP contribution >= 0.6 is 0 Å². The molecule has 3 rings (SSSR count). The van der Waals surface area contributed by atoms with E-state index in [0.717, 1.165) is 37.1 Å². The first-order chi connectivity index (χ1) is 10.2. The molecule has 1 aliphatic carbocycles. The molecule has 1 atom stereocenters. The van der Waals surface area contributed by atoms with Crippen LogP contribution in [0.3, 0.4) is 0 Å². The van der Waals surface area contributed by atoms with Gasteiger partial charge in [0.2, 0.25) is 5.56 Å². The number of H-pyrrole nitrogens is 1. The van der Waals surface area contributed by atoms with Gasteiger partial charge in [-0.1, -0.05) is 24.3 Å². The first-order valence-corrected chi connectivity index (χ1v) is 7.43. The van der Waals surface area contributed by atoms with Crippen molar-refractivity contribution in [2.75, 3.05) is 6.54 Å². The van der Waals surface area contributed by atoms with Crippen LogP contribution in [0, 0.1) is 5.82 Å². The van der Waals surface area contributed by atoms with E-state index in [1.54, 1.807) is 12.1 Å². The molecular weight excluding hydrogens is 267 g/mol. The Kier molecular flexibility index (Phi) is 4.15. The average molecular weight is 286 g/mol. The molecule has 21 heavy (non-hydrogen) atoms. The molecule has 110 valence electrons. The van der Waals surface area contributed by atoms with Crippen LogP contribution in [-0.2, 0) is 12.8 Å². The van der Waals surface area contributed by atoms with E-state index in [2.05, 4.69) is 10.3 Å². The number of pyridine rings is 1. The summed E-state index contributed by atoms with van der Waals surface area (Å²) in [6.45, 7) is 0.726. The second kappa shape index (κ2) is 6.22. The molecule has 2 N–H and O–H groups in total. The smallest absolute Gasteiger partial charge is 0.248 e. The van der Waals surface area contributed by atoms with Gasteiger partial charge in [-0.3, -0.25) is 4.79 Å². The van der Waals surface area contributed by atoms with Crippen LogP contribution in [0.2, 0.25) is 0 Å². The van der Waals surface area contributed by atoms with Crippen LogP contribution in [0.4, 0.5) is 4.39 Å². The molecule has 0 amide bonds. The van der Waals surface area contributed by atoms with Crippen molar-refractivity contribution in [1.82, 2.24) is 10.3 Å². The minimum absolute atomic E-state index is 0.0410. The van der Waals surface area contributed by atoms with E-state index in [9.17, 15) is 9.18 Å². The molecular formula is C17H19FN2O. The van der Waals surface area contributed by atoms with Crippen LogP contribution in [0.15, 0.2) is 41.2 Å². The van der Waals surface area contributed by atoms with E-state index >= 15 is 0 Å². The number of hydrogen-bond donors (Lipinski definition) is 2. The van der Waals surface area contributed by atoms with Crippen LogP contribution in [-0.4, -0.2) is 11.5 Å². The summed E-state index contributed by atoms with van der Waals surface area (Å²) in [4.78, 5) is 14.3. The molecule has 0 radical (unpaired) electrons. The third-order valence-corrected chi connectivity index (χ3v) is 4.07. The van der Waals surface area contributed by atoms with E-state index in [4.69, 9.17) is 0 Å². The van der Waals surface area contributed by atoms with E-state index in [1.165, 1.54) is 11.6 Å². The van der Waals surface area contributed by atoms with Crippen molar-refractivity contribution < 1.29 is 4.39 Å². The summed E-state index contributed by atoms with van der Waals surface area (Å²) in [6.07, 6.45) is 3.71. The number of aryl methyl sites for hydroxylation is 1. The van der Waals surface area contributed by atoms with Crippen molar-refractivity contribution in [1.29, 1.82) is 0 Å². The summed E-state index contributed by atoms with van der Waals surface area (Å²) in [5.41, 5.74) is 2.91. The monoisotopic (exact) mass is 286 g/mol. The third kappa shape index (κ3) is 3.22. The van der Waals surface area contributed by atoms with Gasteiger partial charge in [-0.25, -0.2) is 4.39 Å². The summed E-state index contributed by atoms with van der Waals surface area (Å²) in [6, 6.07) is 10.6. The fraction of sp³-hybridized carbons (Fsp3) is 0.353. The Morgan fingerprint density at radius 3 is 2.95 bits per heavy atom. The third-order valence-electron chi connectivity index (χ3n) is 4.07. The summed E-state index contributed by atoms with van der Waals surface area (Å²) >= 11 is 0. The van der Waals surface area contributed by atoms with Gasteiger partial charge in [0.15, 0.2) is 0 Å².